The van der Waals surface area contributed by atoms with Gasteiger partial charge in [0.05, 0.1) is 4.88 Å². The van der Waals surface area contributed by atoms with Gasteiger partial charge < -0.3 is 10.0 Å². The Morgan fingerprint density at radius 3 is 2.29 bits per heavy atom. The molecule has 0 fully saturated rings. The lowest BCUT2D eigenvalue weighted by Gasteiger charge is -2.18. The van der Waals surface area contributed by atoms with Gasteiger partial charge >= 0.3 is 4.87 Å². The maximum Gasteiger partial charge on any atom is 0.307 e. The summed E-state index contributed by atoms with van der Waals surface area (Å²) in [4.78, 5) is 40.8. The van der Waals surface area contributed by atoms with Gasteiger partial charge in [0.25, 0.3) is 0 Å². The summed E-state index contributed by atoms with van der Waals surface area (Å²) in [7, 11) is 1.83. The molecule has 0 spiro atoms. The van der Waals surface area contributed by atoms with Crippen LogP contribution in [-0.4, -0.2) is 33.7 Å². The quantitative estimate of drug-likeness (QED) is 0.169. The van der Waals surface area contributed by atoms with Crippen molar-refractivity contribution in [3.63, 3.8) is 0 Å². The Labute approximate surface area is 226 Å². The van der Waals surface area contributed by atoms with Crippen molar-refractivity contribution in [3.8, 4) is 17.0 Å². The Bertz CT molecular complexity index is 1420. The van der Waals surface area contributed by atoms with Gasteiger partial charge in [0.15, 0.2) is 5.78 Å². The van der Waals surface area contributed by atoms with Crippen LogP contribution in [0.5, 0.6) is 5.88 Å². The average molecular weight is 529 g/mol. The van der Waals surface area contributed by atoms with Crippen LogP contribution in [0.2, 0.25) is 0 Å². The zero-order valence-corrected chi connectivity index (χ0v) is 22.3. The molecule has 38 heavy (non-hydrogen) atoms. The number of amides is 1. The number of aromatic hydroxyl groups is 1. The highest BCUT2D eigenvalue weighted by atomic mass is 32.1. The summed E-state index contributed by atoms with van der Waals surface area (Å²) < 4.78 is 0. The van der Waals surface area contributed by atoms with Crippen molar-refractivity contribution in [2.45, 2.75) is 45.1 Å². The fourth-order valence-electron chi connectivity index (χ4n) is 4.38. The van der Waals surface area contributed by atoms with Crippen LogP contribution < -0.4 is 4.87 Å². The number of aromatic nitrogens is 1. The minimum atomic E-state index is -0.260. The Morgan fingerprint density at radius 1 is 0.842 bits per heavy atom. The van der Waals surface area contributed by atoms with Gasteiger partial charge in [0.1, 0.15) is 0 Å². The largest absolute Gasteiger partial charge is 0.494 e. The lowest BCUT2D eigenvalue weighted by Crippen LogP contribution is -2.25. The maximum absolute atomic E-state index is 12.7. The summed E-state index contributed by atoms with van der Waals surface area (Å²) in [5.74, 6) is 0.194. The van der Waals surface area contributed by atoms with Gasteiger partial charge in [-0.1, -0.05) is 90.6 Å². The fraction of sp³-hybridized carbons (Fsp3) is 0.258. The number of nitrogens with one attached hydrogen (secondary N) is 1. The van der Waals surface area contributed by atoms with Gasteiger partial charge in [-0.2, -0.15) is 0 Å². The number of rotatable bonds is 12. The van der Waals surface area contributed by atoms with Crippen molar-refractivity contribution in [1.82, 2.24) is 9.88 Å². The number of carbonyl (C=O) groups excluding carboxylic acids is 2. The van der Waals surface area contributed by atoms with E-state index in [0.717, 1.165) is 58.4 Å². The first-order chi connectivity index (χ1) is 18.4. The zero-order chi connectivity index (χ0) is 26.9. The van der Waals surface area contributed by atoms with Crippen LogP contribution in [0, 0.1) is 0 Å². The monoisotopic (exact) mass is 528 g/mol. The number of carbonyl (C=O) groups is 2. The highest BCUT2D eigenvalue weighted by Crippen LogP contribution is 2.25. The molecule has 0 aliphatic heterocycles. The molecule has 4 aromatic rings. The fourth-order valence-corrected chi connectivity index (χ4v) is 5.14. The number of thiazole rings is 1. The van der Waals surface area contributed by atoms with Crippen LogP contribution in [0.25, 0.3) is 11.1 Å². The Kier molecular flexibility index (Phi) is 9.27. The predicted octanol–water partition coefficient (Wildman–Crippen LogP) is 6.19. The van der Waals surface area contributed by atoms with E-state index in [4.69, 9.17) is 0 Å². The molecule has 6 nitrogen and oxygen atoms in total. The number of hydrogen-bond donors (Lipinski definition) is 2. The van der Waals surface area contributed by atoms with Crippen LogP contribution >= 0.6 is 11.3 Å². The lowest BCUT2D eigenvalue weighted by molar-refractivity contribution is -0.130. The van der Waals surface area contributed by atoms with E-state index >= 15 is 0 Å². The van der Waals surface area contributed by atoms with Gasteiger partial charge in [-0.25, -0.2) is 0 Å². The third-order valence-electron chi connectivity index (χ3n) is 6.52. The van der Waals surface area contributed by atoms with E-state index < -0.39 is 0 Å². The van der Waals surface area contributed by atoms with Crippen LogP contribution in [0.3, 0.4) is 0 Å². The van der Waals surface area contributed by atoms with Crippen molar-refractivity contribution >= 4 is 23.0 Å². The molecular formula is C31H32N2O4S. The second-order valence-corrected chi connectivity index (χ2v) is 10.5. The summed E-state index contributed by atoms with van der Waals surface area (Å²) in [6.07, 6.45) is 3.89. The summed E-state index contributed by atoms with van der Waals surface area (Å²) in [5, 5.41) is 9.81. The first-order valence-corrected chi connectivity index (χ1v) is 13.6. The van der Waals surface area contributed by atoms with Gasteiger partial charge in [0, 0.05) is 38.4 Å². The first-order valence-electron chi connectivity index (χ1n) is 12.8. The molecule has 0 unspecified atom stereocenters. The highest BCUT2D eigenvalue weighted by Gasteiger charge is 2.11. The van der Waals surface area contributed by atoms with E-state index in [-0.39, 0.29) is 22.4 Å². The van der Waals surface area contributed by atoms with Crippen molar-refractivity contribution in [2.24, 2.45) is 0 Å². The van der Waals surface area contributed by atoms with Gasteiger partial charge in [0.2, 0.25) is 11.8 Å². The van der Waals surface area contributed by atoms with Crippen LogP contribution in [-0.2, 0) is 17.8 Å². The molecule has 0 atom stereocenters. The Morgan fingerprint density at radius 2 is 1.58 bits per heavy atom. The summed E-state index contributed by atoms with van der Waals surface area (Å²) in [5.41, 5.74) is 4.93. The molecule has 0 saturated heterocycles. The molecule has 0 radical (unpaired) electrons. The van der Waals surface area contributed by atoms with Crippen LogP contribution in [0.15, 0.2) is 83.7 Å². The van der Waals surface area contributed by atoms with E-state index in [9.17, 15) is 19.5 Å². The molecule has 2 N–H and O–H groups in total. The van der Waals surface area contributed by atoms with E-state index in [2.05, 4.69) is 11.1 Å². The maximum atomic E-state index is 12.7. The van der Waals surface area contributed by atoms with E-state index in [1.54, 1.807) is 4.90 Å². The van der Waals surface area contributed by atoms with E-state index in [1.165, 1.54) is 0 Å². The smallest absolute Gasteiger partial charge is 0.307 e. The molecule has 4 rings (SSSR count). The standard InChI is InChI=1S/C31H32N2O4S/c1-33(29(35)14-7-3-6-13-27(34)25-10-4-2-5-11-25)21-23-9-8-12-26(19-23)24-17-15-22(16-18-24)20-28-30(36)32-31(37)38-28/h2,4-5,8-12,15-19,36H,3,6-7,13-14,20-21H2,1H3,(H,32,37). The summed E-state index contributed by atoms with van der Waals surface area (Å²) >= 11 is 1.02. The number of unbranched alkanes of at least 4 members (excludes halogenated alkanes) is 2. The molecule has 0 aliphatic carbocycles. The number of H-pyrrole nitrogens is 1. The molecule has 196 valence electrons. The summed E-state index contributed by atoms with van der Waals surface area (Å²) in [6.45, 7) is 0.531. The van der Waals surface area contributed by atoms with Crippen LogP contribution in [0.1, 0.15) is 58.5 Å². The SMILES string of the molecule is CN(Cc1cccc(-c2ccc(Cc3sc(=O)[nH]c3O)cc2)c1)C(=O)CCCCCC(=O)c1ccccc1. The predicted molar refractivity (Wildman–Crippen MR) is 152 cm³/mol. The third-order valence-corrected chi connectivity index (χ3v) is 7.39. The third kappa shape index (κ3) is 7.52. The number of nitrogens with zero attached hydrogens (tertiary/aromatic N) is 1. The minimum absolute atomic E-state index is 0.0615. The van der Waals surface area contributed by atoms with Gasteiger partial charge in [-0.15, -0.1) is 0 Å². The number of benzene rings is 3. The normalized spacial score (nSPS) is 10.9. The van der Waals surface area contributed by atoms with Gasteiger partial charge in [-0.3, -0.25) is 19.4 Å². The number of hydrogen-bond acceptors (Lipinski definition) is 5. The van der Waals surface area contributed by atoms with Gasteiger partial charge in [-0.05, 0) is 41.2 Å². The van der Waals surface area contributed by atoms with Crippen LogP contribution in [0.4, 0.5) is 0 Å². The lowest BCUT2D eigenvalue weighted by atomic mass is 10.0. The molecule has 0 saturated carbocycles. The first kappa shape index (κ1) is 27.1. The highest BCUT2D eigenvalue weighted by molar-refractivity contribution is 7.09. The number of Topliss-reactive ketones (excluding diaryl/α,β-unsaturated/α-hetero) is 1. The molecule has 1 aromatic heterocycles. The average Bonchev–Trinajstić information content (AvgIpc) is 3.25. The summed E-state index contributed by atoms with van der Waals surface area (Å²) in [6, 6.07) is 25.5. The topological polar surface area (TPSA) is 90.5 Å². The van der Waals surface area contributed by atoms with Crippen molar-refractivity contribution in [3.05, 3.63) is 110 Å². The number of aromatic amines is 1. The minimum Gasteiger partial charge on any atom is -0.494 e. The Balaban J connectivity index is 1.24. The van der Waals surface area contributed by atoms with Crippen molar-refractivity contribution in [1.29, 1.82) is 0 Å². The molecule has 1 amide bonds. The van der Waals surface area contributed by atoms with E-state index in [0.29, 0.717) is 30.7 Å². The molecule has 7 heteroatoms. The molecule has 3 aromatic carbocycles. The molecule has 1 heterocycles. The second-order valence-electron chi connectivity index (χ2n) is 9.46. The van der Waals surface area contributed by atoms with Crippen molar-refractivity contribution in [2.75, 3.05) is 7.05 Å². The second kappa shape index (κ2) is 13.0. The van der Waals surface area contributed by atoms with E-state index in [1.807, 2.05) is 79.8 Å². The Hall–Kier alpha value is -3.97. The number of ketones is 1. The molecule has 0 aliphatic rings. The van der Waals surface area contributed by atoms with Crippen molar-refractivity contribution < 1.29 is 14.7 Å². The zero-order valence-electron chi connectivity index (χ0n) is 21.5. The molecular weight excluding hydrogens is 496 g/mol. The molecule has 0 bridgehead atoms.